The summed E-state index contributed by atoms with van der Waals surface area (Å²) in [5.41, 5.74) is 2.13. The maximum atomic E-state index is 13.4. The van der Waals surface area contributed by atoms with Crippen LogP contribution in [0.2, 0.25) is 0 Å². The summed E-state index contributed by atoms with van der Waals surface area (Å²) in [7, 11) is 1.68. The minimum Gasteiger partial charge on any atom is -0.489 e. The number of nitrogens with one attached hydrogen (secondary N) is 2. The number of hydrogen-bond donors (Lipinski definition) is 3. The Bertz CT molecular complexity index is 769. The minimum atomic E-state index is -0.408. The number of guanidine groups is 1. The highest BCUT2D eigenvalue weighted by Gasteiger charge is 2.06. The first kappa shape index (κ1) is 22.9. The second-order valence-corrected chi connectivity index (χ2v) is 5.57. The van der Waals surface area contributed by atoms with Gasteiger partial charge in [0.25, 0.3) is 0 Å². The molecule has 2 aromatic carbocycles. The molecule has 0 fully saturated rings. The lowest BCUT2D eigenvalue weighted by Crippen LogP contribution is -2.36. The number of rotatable bonds is 8. The van der Waals surface area contributed by atoms with Gasteiger partial charge in [-0.2, -0.15) is 0 Å². The van der Waals surface area contributed by atoms with Gasteiger partial charge < -0.3 is 20.5 Å². The molecule has 0 aromatic heterocycles. The van der Waals surface area contributed by atoms with Crippen LogP contribution in [0.1, 0.15) is 16.7 Å². The number of aliphatic imine (C=N–C) groups is 1. The number of aliphatic hydroxyl groups is 1. The lowest BCUT2D eigenvalue weighted by atomic mass is 10.1. The van der Waals surface area contributed by atoms with Gasteiger partial charge in [0.2, 0.25) is 0 Å². The zero-order valence-electron chi connectivity index (χ0n) is 15.2. The number of halogens is 2. The summed E-state index contributed by atoms with van der Waals surface area (Å²) in [6.07, 6.45) is 1.70. The van der Waals surface area contributed by atoms with Crippen LogP contribution in [0.3, 0.4) is 0 Å². The molecule has 0 spiro atoms. The molecule has 27 heavy (non-hydrogen) atoms. The highest BCUT2D eigenvalue weighted by atomic mass is 127. The Balaban J connectivity index is 0.00000364. The van der Waals surface area contributed by atoms with Crippen molar-refractivity contribution in [1.82, 2.24) is 10.6 Å². The van der Waals surface area contributed by atoms with Gasteiger partial charge in [0, 0.05) is 31.3 Å². The van der Waals surface area contributed by atoms with Gasteiger partial charge in [-0.25, -0.2) is 4.39 Å². The number of para-hydroxylation sites is 1. The summed E-state index contributed by atoms with van der Waals surface area (Å²) in [5.74, 6) is 0.995. The molecule has 3 N–H and O–H groups in total. The molecule has 0 atom stereocenters. The second-order valence-electron chi connectivity index (χ2n) is 5.57. The summed E-state index contributed by atoms with van der Waals surface area (Å²) in [6.45, 7) is 4.78. The Morgan fingerprint density at radius 1 is 1.19 bits per heavy atom. The van der Waals surface area contributed by atoms with E-state index in [0.29, 0.717) is 25.7 Å². The molecule has 0 saturated carbocycles. The molecule has 0 saturated heterocycles. The summed E-state index contributed by atoms with van der Waals surface area (Å²) in [4.78, 5) is 4.18. The topological polar surface area (TPSA) is 65.9 Å². The number of aliphatic hydroxyl groups excluding tert-OH is 1. The maximum absolute atomic E-state index is 13.4. The van der Waals surface area contributed by atoms with Gasteiger partial charge in [-0.1, -0.05) is 36.9 Å². The Kier molecular flexibility index (Phi) is 10.4. The van der Waals surface area contributed by atoms with Crippen LogP contribution >= 0.6 is 24.0 Å². The van der Waals surface area contributed by atoms with Crippen LogP contribution in [0.4, 0.5) is 4.39 Å². The van der Waals surface area contributed by atoms with Crippen LogP contribution in [0.25, 0.3) is 0 Å². The second kappa shape index (κ2) is 12.3. The minimum absolute atomic E-state index is 0. The van der Waals surface area contributed by atoms with E-state index >= 15 is 0 Å². The van der Waals surface area contributed by atoms with Crippen LogP contribution in [0, 0.1) is 5.82 Å². The highest BCUT2D eigenvalue weighted by molar-refractivity contribution is 14.0. The zero-order chi connectivity index (χ0) is 18.8. The van der Waals surface area contributed by atoms with Crippen molar-refractivity contribution in [3.63, 3.8) is 0 Å². The lowest BCUT2D eigenvalue weighted by molar-refractivity contribution is 0.275. The molecule has 0 aliphatic rings. The van der Waals surface area contributed by atoms with E-state index in [1.165, 1.54) is 6.07 Å². The fourth-order valence-corrected chi connectivity index (χ4v) is 2.38. The van der Waals surface area contributed by atoms with E-state index in [9.17, 15) is 4.39 Å². The van der Waals surface area contributed by atoms with Gasteiger partial charge in [-0.15, -0.1) is 24.0 Å². The van der Waals surface area contributed by atoms with Crippen LogP contribution in [0.15, 0.2) is 60.1 Å². The van der Waals surface area contributed by atoms with Crippen LogP contribution in [0.5, 0.6) is 5.75 Å². The van der Waals surface area contributed by atoms with Crippen molar-refractivity contribution >= 4 is 29.9 Å². The summed E-state index contributed by atoms with van der Waals surface area (Å²) in [5, 5.41) is 15.5. The van der Waals surface area contributed by atoms with Gasteiger partial charge >= 0.3 is 0 Å². The Labute approximate surface area is 176 Å². The number of ether oxygens (including phenoxy) is 1. The number of benzene rings is 2. The van der Waals surface area contributed by atoms with Gasteiger partial charge in [-0.3, -0.25) is 4.99 Å². The average Bonchev–Trinajstić information content (AvgIpc) is 2.68. The van der Waals surface area contributed by atoms with Crippen molar-refractivity contribution in [2.75, 3.05) is 13.7 Å². The van der Waals surface area contributed by atoms with Crippen molar-refractivity contribution in [3.05, 3.63) is 77.6 Å². The molecule has 2 rings (SSSR count). The van der Waals surface area contributed by atoms with Crippen molar-refractivity contribution in [3.8, 4) is 5.75 Å². The fraction of sp³-hybridized carbons (Fsp3) is 0.250. The molecule has 0 heterocycles. The molecule has 0 amide bonds. The van der Waals surface area contributed by atoms with Crippen molar-refractivity contribution in [2.45, 2.75) is 19.7 Å². The molecule has 5 nitrogen and oxygen atoms in total. The molecule has 0 aliphatic carbocycles. The predicted molar refractivity (Wildman–Crippen MR) is 117 cm³/mol. The van der Waals surface area contributed by atoms with Crippen LogP contribution in [-0.4, -0.2) is 24.7 Å². The van der Waals surface area contributed by atoms with E-state index < -0.39 is 5.82 Å². The summed E-state index contributed by atoms with van der Waals surface area (Å²) < 4.78 is 19.1. The number of hydrogen-bond acceptors (Lipinski definition) is 3. The molecule has 0 unspecified atom stereocenters. The molecule has 2 aromatic rings. The Morgan fingerprint density at radius 2 is 1.93 bits per heavy atom. The molecule has 7 heteroatoms. The molecule has 0 radical (unpaired) electrons. The average molecular weight is 485 g/mol. The third kappa shape index (κ3) is 7.18. The fourth-order valence-electron chi connectivity index (χ4n) is 2.38. The first-order valence-corrected chi connectivity index (χ1v) is 8.32. The standard InChI is InChI=1S/C20H24FN3O2.HI/c1-3-10-26-19-7-5-4-6-16(19)13-24-20(22-2)23-12-15-8-9-18(21)17(11-15)14-25;/h3-9,11,25H,1,10,12-14H2,2H3,(H2,22,23,24);1H. The van der Waals surface area contributed by atoms with E-state index in [0.717, 1.165) is 16.9 Å². The lowest BCUT2D eigenvalue weighted by Gasteiger charge is -2.14. The summed E-state index contributed by atoms with van der Waals surface area (Å²) in [6, 6.07) is 12.4. The molecule has 0 bridgehead atoms. The van der Waals surface area contributed by atoms with Crippen LogP contribution < -0.4 is 15.4 Å². The zero-order valence-corrected chi connectivity index (χ0v) is 17.6. The Morgan fingerprint density at radius 3 is 2.63 bits per heavy atom. The van der Waals surface area contributed by atoms with Crippen molar-refractivity contribution in [1.29, 1.82) is 0 Å². The SMILES string of the molecule is C=CCOc1ccccc1CNC(=NC)NCc1ccc(F)c(CO)c1.I. The summed E-state index contributed by atoms with van der Waals surface area (Å²) >= 11 is 0. The Hall–Kier alpha value is -2.13. The van der Waals surface area contributed by atoms with E-state index in [-0.39, 0.29) is 36.1 Å². The maximum Gasteiger partial charge on any atom is 0.191 e. The van der Waals surface area contributed by atoms with Gasteiger partial charge in [0.05, 0.1) is 6.61 Å². The molecule has 146 valence electrons. The molecular formula is C20H25FIN3O2. The first-order chi connectivity index (χ1) is 12.7. The van der Waals surface area contributed by atoms with Gasteiger partial charge in [0.15, 0.2) is 5.96 Å². The van der Waals surface area contributed by atoms with E-state index in [2.05, 4.69) is 22.2 Å². The first-order valence-electron chi connectivity index (χ1n) is 8.32. The molecule has 0 aliphatic heterocycles. The van der Waals surface area contributed by atoms with E-state index in [1.54, 1.807) is 25.3 Å². The van der Waals surface area contributed by atoms with Gasteiger partial charge in [-0.05, 0) is 23.8 Å². The highest BCUT2D eigenvalue weighted by Crippen LogP contribution is 2.17. The monoisotopic (exact) mass is 485 g/mol. The van der Waals surface area contributed by atoms with E-state index in [1.807, 2.05) is 24.3 Å². The van der Waals surface area contributed by atoms with Crippen molar-refractivity contribution < 1.29 is 14.2 Å². The van der Waals surface area contributed by atoms with E-state index in [4.69, 9.17) is 9.84 Å². The third-order valence-corrected chi connectivity index (χ3v) is 3.74. The van der Waals surface area contributed by atoms with Crippen molar-refractivity contribution in [2.24, 2.45) is 4.99 Å². The molecular weight excluding hydrogens is 460 g/mol. The number of nitrogens with zero attached hydrogens (tertiary/aromatic N) is 1. The quantitative estimate of drug-likeness (QED) is 0.232. The van der Waals surface area contributed by atoms with Gasteiger partial charge in [0.1, 0.15) is 18.2 Å². The smallest absolute Gasteiger partial charge is 0.191 e. The normalized spacial score (nSPS) is 10.7. The van der Waals surface area contributed by atoms with Crippen LogP contribution in [-0.2, 0) is 19.7 Å². The predicted octanol–water partition coefficient (Wildman–Crippen LogP) is 3.37. The largest absolute Gasteiger partial charge is 0.489 e. The third-order valence-electron chi connectivity index (χ3n) is 3.74.